The first kappa shape index (κ1) is 35.9. The van der Waals surface area contributed by atoms with Gasteiger partial charge in [-0.2, -0.15) is 13.2 Å². The molecular weight excluding hydrogens is 753 g/mol. The summed E-state index contributed by atoms with van der Waals surface area (Å²) in [4.78, 5) is 42.7. The summed E-state index contributed by atoms with van der Waals surface area (Å²) in [7, 11) is 1.43. The summed E-state index contributed by atoms with van der Waals surface area (Å²) >= 11 is 10.2. The number of rotatable bonds is 10. The Balaban J connectivity index is 1.65. The van der Waals surface area contributed by atoms with Gasteiger partial charge in [-0.1, -0.05) is 63.1 Å². The van der Waals surface area contributed by atoms with Gasteiger partial charge in [0.2, 0.25) is 0 Å². The molecule has 0 radical (unpaired) electrons. The molecule has 0 spiro atoms. The van der Waals surface area contributed by atoms with Gasteiger partial charge in [0.05, 0.1) is 42.0 Å². The zero-order valence-corrected chi connectivity index (χ0v) is 29.3. The van der Waals surface area contributed by atoms with Crippen molar-refractivity contribution >= 4 is 56.9 Å². The molecule has 0 fully saturated rings. The maximum Gasteiger partial charge on any atom is 0.434 e. The number of aromatic nitrogens is 1. The van der Waals surface area contributed by atoms with Crippen molar-refractivity contribution in [2.24, 2.45) is 4.99 Å². The molecule has 0 bridgehead atoms. The molecule has 1 aliphatic rings. The first-order chi connectivity index (χ1) is 23.4. The fourth-order valence-corrected chi connectivity index (χ4v) is 6.62. The van der Waals surface area contributed by atoms with E-state index in [4.69, 9.17) is 30.5 Å². The van der Waals surface area contributed by atoms with Crippen molar-refractivity contribution in [2.75, 3.05) is 20.3 Å². The summed E-state index contributed by atoms with van der Waals surface area (Å²) < 4.78 is 66.8. The third-order valence-electron chi connectivity index (χ3n) is 7.18. The number of alkyl halides is 3. The molecule has 3 aromatic carbocycles. The van der Waals surface area contributed by atoms with Crippen molar-refractivity contribution < 1.29 is 41.7 Å². The minimum Gasteiger partial charge on any atom is -0.493 e. The van der Waals surface area contributed by atoms with Crippen molar-refractivity contribution in [3.05, 3.63) is 123 Å². The number of allylic oxidation sites excluding steroid dienone is 1. The lowest BCUT2D eigenvalue weighted by Crippen LogP contribution is -2.41. The second-order valence-corrected chi connectivity index (χ2v) is 12.7. The number of methoxy groups -OCH3 is 1. The van der Waals surface area contributed by atoms with E-state index in [0.29, 0.717) is 43.3 Å². The molecule has 9 nitrogen and oxygen atoms in total. The van der Waals surface area contributed by atoms with E-state index in [2.05, 4.69) is 20.9 Å². The predicted octanol–water partition coefficient (Wildman–Crippen LogP) is 6.52. The van der Waals surface area contributed by atoms with Crippen molar-refractivity contribution in [1.82, 2.24) is 4.57 Å². The topological polar surface area (TPSA) is 105 Å². The van der Waals surface area contributed by atoms with Crippen LogP contribution in [0.5, 0.6) is 11.5 Å². The Morgan fingerprint density at radius 3 is 2.29 bits per heavy atom. The molecule has 2 heterocycles. The van der Waals surface area contributed by atoms with Crippen molar-refractivity contribution in [3.8, 4) is 11.5 Å². The standard InChI is InChI=1S/C34H27BrClF3N2O7S/c1-4-46-31(43)20-8-6-18(7-9-20)17-48-28-21(14-22(35)16-24(28)45-3)15-25-30(42)41-27(19-10-12-23(36)13-11-19)26(32(44)47-5-2)29(34(37,38)39)40-33(41)49-25/h6-16,27H,4-5,17H2,1-3H3/b25-15-/t27-/m0/s1. The van der Waals surface area contributed by atoms with Crippen LogP contribution in [0.25, 0.3) is 6.08 Å². The van der Waals surface area contributed by atoms with E-state index >= 15 is 0 Å². The number of nitrogens with zero attached hydrogens (tertiary/aromatic N) is 2. The molecule has 0 saturated carbocycles. The average Bonchev–Trinajstić information content (AvgIpc) is 3.37. The van der Waals surface area contributed by atoms with Gasteiger partial charge in [0.15, 0.2) is 22.0 Å². The molecule has 0 unspecified atom stereocenters. The normalized spacial score (nSPS) is 14.6. The van der Waals surface area contributed by atoms with Crippen molar-refractivity contribution in [3.63, 3.8) is 0 Å². The van der Waals surface area contributed by atoms with E-state index in [9.17, 15) is 27.6 Å². The molecule has 49 heavy (non-hydrogen) atoms. The number of hydrogen-bond acceptors (Lipinski definition) is 9. The van der Waals surface area contributed by atoms with Gasteiger partial charge in [-0.25, -0.2) is 14.6 Å². The minimum absolute atomic E-state index is 0.00754. The second-order valence-electron chi connectivity index (χ2n) is 10.3. The number of benzene rings is 3. The molecular formula is C34H27BrClF3N2O7S. The van der Waals surface area contributed by atoms with E-state index in [1.54, 1.807) is 43.3 Å². The van der Waals surface area contributed by atoms with Crippen LogP contribution in [-0.4, -0.2) is 43.0 Å². The van der Waals surface area contributed by atoms with Gasteiger partial charge in [0, 0.05) is 15.1 Å². The Bertz CT molecular complexity index is 2110. The van der Waals surface area contributed by atoms with E-state index in [1.807, 2.05) is 0 Å². The summed E-state index contributed by atoms with van der Waals surface area (Å²) in [5, 5.41) is 0.306. The van der Waals surface area contributed by atoms with Crippen LogP contribution in [0.1, 0.15) is 46.9 Å². The number of halogens is 5. The zero-order chi connectivity index (χ0) is 35.5. The predicted molar refractivity (Wildman–Crippen MR) is 180 cm³/mol. The molecule has 1 atom stereocenters. The lowest BCUT2D eigenvalue weighted by Gasteiger charge is -2.26. The average molecular weight is 780 g/mol. The lowest BCUT2D eigenvalue weighted by atomic mass is 9.95. The molecule has 1 aromatic heterocycles. The summed E-state index contributed by atoms with van der Waals surface area (Å²) in [6, 6.07) is 14.2. The van der Waals surface area contributed by atoms with Crippen molar-refractivity contribution in [1.29, 1.82) is 0 Å². The number of fused-ring (bicyclic) bond motifs is 1. The van der Waals surface area contributed by atoms with Crippen LogP contribution in [0.4, 0.5) is 13.2 Å². The van der Waals surface area contributed by atoms with E-state index in [1.165, 1.54) is 44.4 Å². The van der Waals surface area contributed by atoms with Crippen LogP contribution in [0, 0.1) is 0 Å². The monoisotopic (exact) mass is 778 g/mol. The third-order valence-corrected chi connectivity index (χ3v) is 8.88. The van der Waals surface area contributed by atoms with Crippen molar-refractivity contribution in [2.45, 2.75) is 32.7 Å². The minimum atomic E-state index is -5.05. The Morgan fingerprint density at radius 2 is 1.67 bits per heavy atom. The molecule has 0 aliphatic carbocycles. The molecule has 0 saturated heterocycles. The highest BCUT2D eigenvalue weighted by atomic mass is 79.9. The Labute approximate surface area is 295 Å². The second kappa shape index (κ2) is 15.0. The molecule has 15 heteroatoms. The molecule has 1 aliphatic heterocycles. The van der Waals surface area contributed by atoms with Crippen LogP contribution < -0.4 is 24.4 Å². The summed E-state index contributed by atoms with van der Waals surface area (Å²) in [5.74, 6) is -1.16. The van der Waals surface area contributed by atoms with Gasteiger partial charge >= 0.3 is 18.1 Å². The highest BCUT2D eigenvalue weighted by Crippen LogP contribution is 2.39. The maximum atomic E-state index is 14.5. The number of carbonyl (C=O) groups excluding carboxylic acids is 2. The van der Waals surface area contributed by atoms with E-state index < -0.39 is 41.0 Å². The van der Waals surface area contributed by atoms with Crippen LogP contribution >= 0.6 is 38.9 Å². The smallest absolute Gasteiger partial charge is 0.434 e. The molecule has 0 N–H and O–H groups in total. The van der Waals surface area contributed by atoms with Gasteiger partial charge < -0.3 is 18.9 Å². The number of carbonyl (C=O) groups is 2. The fourth-order valence-electron chi connectivity index (χ4n) is 5.05. The van der Waals surface area contributed by atoms with Gasteiger partial charge in [0.25, 0.3) is 5.56 Å². The molecule has 5 rings (SSSR count). The van der Waals surface area contributed by atoms with Crippen LogP contribution in [0.3, 0.4) is 0 Å². The van der Waals surface area contributed by atoms with E-state index in [-0.39, 0.29) is 40.5 Å². The maximum absolute atomic E-state index is 14.5. The van der Waals surface area contributed by atoms with Crippen LogP contribution in [0.15, 0.2) is 86.2 Å². The first-order valence-electron chi connectivity index (χ1n) is 14.7. The number of ether oxygens (including phenoxy) is 4. The Kier molecular flexibility index (Phi) is 11.0. The third kappa shape index (κ3) is 7.76. The highest BCUT2D eigenvalue weighted by molar-refractivity contribution is 9.10. The molecule has 0 amide bonds. The number of esters is 2. The Morgan fingerprint density at radius 1 is 1.02 bits per heavy atom. The first-order valence-corrected chi connectivity index (χ1v) is 16.7. The highest BCUT2D eigenvalue weighted by Gasteiger charge is 2.45. The zero-order valence-electron chi connectivity index (χ0n) is 26.1. The fraction of sp³-hybridized carbons (Fsp3) is 0.235. The van der Waals surface area contributed by atoms with Gasteiger partial charge in [0.1, 0.15) is 6.61 Å². The van der Waals surface area contributed by atoms with E-state index in [0.717, 1.165) is 4.57 Å². The van der Waals surface area contributed by atoms with Gasteiger partial charge in [-0.15, -0.1) is 0 Å². The number of hydrogen-bond donors (Lipinski definition) is 0. The molecule has 256 valence electrons. The summed E-state index contributed by atoms with van der Waals surface area (Å²) in [5.41, 5.74) is -1.34. The summed E-state index contributed by atoms with van der Waals surface area (Å²) in [6.45, 7) is 3.25. The quantitative estimate of drug-likeness (QED) is 0.169. The number of thiazole rings is 1. The largest absolute Gasteiger partial charge is 0.493 e. The molecule has 4 aromatic rings. The SMILES string of the molecule is CCOC(=O)C1=C(C(F)(F)F)N=c2s/c(=C\c3cc(Br)cc(OC)c3OCc3ccc(C(=O)OCC)cc3)c(=O)n2[C@H]1c1ccc(Cl)cc1. The Hall–Kier alpha value is -4.40. The van der Waals surface area contributed by atoms with Gasteiger partial charge in [-0.3, -0.25) is 9.36 Å². The van der Waals surface area contributed by atoms with Crippen LogP contribution in [0.2, 0.25) is 5.02 Å². The van der Waals surface area contributed by atoms with Crippen LogP contribution in [-0.2, 0) is 20.9 Å². The van der Waals surface area contributed by atoms with Gasteiger partial charge in [-0.05, 0) is 67.4 Å². The lowest BCUT2D eigenvalue weighted by molar-refractivity contribution is -0.140. The summed E-state index contributed by atoms with van der Waals surface area (Å²) in [6.07, 6.45) is -3.59.